The molecule has 1 saturated heterocycles. The van der Waals surface area contributed by atoms with Gasteiger partial charge >= 0.3 is 5.69 Å². The maximum absolute atomic E-state index is 12.2. The van der Waals surface area contributed by atoms with E-state index in [1.165, 1.54) is 44.1 Å². The number of rotatable bonds is 5. The van der Waals surface area contributed by atoms with Crippen LogP contribution < -0.4 is 10.6 Å². The normalized spacial score (nSPS) is 14.5. The van der Waals surface area contributed by atoms with Crippen LogP contribution in [-0.2, 0) is 6.54 Å². The molecule has 0 radical (unpaired) electrons. The number of nitrogens with zero attached hydrogens (tertiary/aromatic N) is 5. The van der Waals surface area contributed by atoms with E-state index in [2.05, 4.69) is 51.3 Å². The van der Waals surface area contributed by atoms with E-state index in [1.54, 1.807) is 12.1 Å². The number of aromatic nitrogens is 3. The average molecular weight is 442 g/mol. The zero-order chi connectivity index (χ0) is 22.8. The Morgan fingerprint density at radius 1 is 0.970 bits per heavy atom. The highest BCUT2D eigenvalue weighted by Crippen LogP contribution is 2.31. The Kier molecular flexibility index (Phi) is 5.79. The summed E-state index contributed by atoms with van der Waals surface area (Å²) < 4.78 is 0.483. The number of piperidine rings is 1. The molecule has 0 atom stereocenters. The molecule has 7 heteroatoms. The minimum atomic E-state index is -0.760. The van der Waals surface area contributed by atoms with Crippen LogP contribution in [0.25, 0.3) is 22.2 Å². The molecule has 2 aromatic carbocycles. The Bertz CT molecular complexity index is 1340. The molecule has 7 nitrogen and oxygen atoms in total. The van der Waals surface area contributed by atoms with Gasteiger partial charge in [0.25, 0.3) is 0 Å². The monoisotopic (exact) mass is 441 g/mol. The first-order valence-electron chi connectivity index (χ1n) is 11.3. The summed E-state index contributed by atoms with van der Waals surface area (Å²) in [6.45, 7) is 3.33. The molecule has 3 heterocycles. The van der Waals surface area contributed by atoms with Crippen LogP contribution in [-0.4, -0.2) is 44.9 Å². The second kappa shape index (κ2) is 9.03. The number of fused-ring (bicyclic) bond motifs is 1. The van der Waals surface area contributed by atoms with Crippen molar-refractivity contribution < 1.29 is 5.21 Å². The van der Waals surface area contributed by atoms with Crippen molar-refractivity contribution in [3.8, 4) is 11.1 Å². The third-order valence-corrected chi connectivity index (χ3v) is 6.28. The van der Waals surface area contributed by atoms with Crippen molar-refractivity contribution in [1.29, 1.82) is 0 Å². The number of hydrogen-bond donors (Lipinski definition) is 1. The molecule has 1 aliphatic rings. The molecule has 0 unspecified atom stereocenters. The first-order chi connectivity index (χ1) is 16.1. The number of hydrogen-bond acceptors (Lipinski definition) is 6. The molecule has 4 aromatic rings. The van der Waals surface area contributed by atoms with E-state index in [4.69, 9.17) is 0 Å². The number of benzene rings is 2. The fourth-order valence-corrected chi connectivity index (χ4v) is 4.53. The van der Waals surface area contributed by atoms with Crippen molar-refractivity contribution in [2.75, 3.05) is 25.0 Å². The van der Waals surface area contributed by atoms with Crippen molar-refractivity contribution in [1.82, 2.24) is 19.6 Å². The molecular formula is C26H27N5O2. The van der Waals surface area contributed by atoms with Gasteiger partial charge < -0.3 is 10.1 Å². The van der Waals surface area contributed by atoms with Crippen LogP contribution in [0.5, 0.6) is 0 Å². The summed E-state index contributed by atoms with van der Waals surface area (Å²) in [6, 6.07) is 20.4. The van der Waals surface area contributed by atoms with Crippen LogP contribution in [0.4, 0.5) is 11.5 Å². The number of pyridine rings is 1. The summed E-state index contributed by atoms with van der Waals surface area (Å²) in [6.07, 6.45) is 5.45. The van der Waals surface area contributed by atoms with Gasteiger partial charge in [0.05, 0.1) is 5.39 Å². The van der Waals surface area contributed by atoms with Crippen molar-refractivity contribution in [2.24, 2.45) is 0 Å². The fraction of sp³-hybridized carbons (Fsp3) is 0.269. The summed E-state index contributed by atoms with van der Waals surface area (Å²) in [7, 11) is 1.86. The van der Waals surface area contributed by atoms with Gasteiger partial charge in [-0.3, -0.25) is 4.90 Å². The predicted molar refractivity (Wildman–Crippen MR) is 130 cm³/mol. The summed E-state index contributed by atoms with van der Waals surface area (Å²) in [5.41, 5.74) is 3.88. The molecule has 2 aromatic heterocycles. The molecule has 5 rings (SSSR count). The van der Waals surface area contributed by atoms with Gasteiger partial charge in [-0.2, -0.15) is 4.98 Å². The average Bonchev–Trinajstić information content (AvgIpc) is 2.87. The van der Waals surface area contributed by atoms with E-state index in [-0.39, 0.29) is 5.65 Å². The number of likely N-dealkylation sites (tertiary alicyclic amines) is 1. The lowest BCUT2D eigenvalue weighted by Gasteiger charge is -2.26. The van der Waals surface area contributed by atoms with Crippen molar-refractivity contribution in [3.63, 3.8) is 0 Å². The highest BCUT2D eigenvalue weighted by Gasteiger charge is 2.16. The van der Waals surface area contributed by atoms with Crippen LogP contribution >= 0.6 is 0 Å². The lowest BCUT2D eigenvalue weighted by atomic mass is 10.0. The maximum atomic E-state index is 12.2. The Labute approximate surface area is 192 Å². The van der Waals surface area contributed by atoms with Crippen LogP contribution in [0.3, 0.4) is 0 Å². The van der Waals surface area contributed by atoms with Crippen LogP contribution in [0.15, 0.2) is 71.7 Å². The quantitative estimate of drug-likeness (QED) is 0.461. The summed E-state index contributed by atoms with van der Waals surface area (Å²) in [4.78, 5) is 24.8. The molecule has 1 aliphatic heterocycles. The highest BCUT2D eigenvalue weighted by molar-refractivity contribution is 5.89. The van der Waals surface area contributed by atoms with Crippen molar-refractivity contribution >= 4 is 22.5 Å². The maximum Gasteiger partial charge on any atom is 0.384 e. The van der Waals surface area contributed by atoms with Gasteiger partial charge in [0, 0.05) is 25.5 Å². The van der Waals surface area contributed by atoms with Gasteiger partial charge in [-0.1, -0.05) is 36.8 Å². The van der Waals surface area contributed by atoms with E-state index in [0.717, 1.165) is 23.4 Å². The van der Waals surface area contributed by atoms with Crippen LogP contribution in [0.1, 0.15) is 24.8 Å². The second-order valence-electron chi connectivity index (χ2n) is 8.55. The zero-order valence-electron chi connectivity index (χ0n) is 18.7. The summed E-state index contributed by atoms with van der Waals surface area (Å²) in [5, 5.41) is 10.6. The van der Waals surface area contributed by atoms with Gasteiger partial charge in [-0.15, -0.1) is 4.73 Å². The predicted octanol–water partition coefficient (Wildman–Crippen LogP) is 4.45. The minimum Gasteiger partial charge on any atom is -0.422 e. The minimum absolute atomic E-state index is 0.181. The molecule has 1 N–H and O–H groups in total. The van der Waals surface area contributed by atoms with Gasteiger partial charge in [0.1, 0.15) is 5.82 Å². The van der Waals surface area contributed by atoms with Gasteiger partial charge in [-0.05, 0) is 73.0 Å². The molecule has 168 valence electrons. The van der Waals surface area contributed by atoms with Crippen molar-refractivity contribution in [2.45, 2.75) is 25.8 Å². The van der Waals surface area contributed by atoms with Gasteiger partial charge in [-0.25, -0.2) is 9.78 Å². The molecular weight excluding hydrogens is 414 g/mol. The van der Waals surface area contributed by atoms with Crippen LogP contribution in [0, 0.1) is 0 Å². The lowest BCUT2D eigenvalue weighted by molar-refractivity contribution is 0.182. The van der Waals surface area contributed by atoms with Gasteiger partial charge in [0.15, 0.2) is 5.65 Å². The third-order valence-electron chi connectivity index (χ3n) is 6.28. The second-order valence-corrected chi connectivity index (χ2v) is 8.55. The first-order valence-corrected chi connectivity index (χ1v) is 11.3. The zero-order valence-corrected chi connectivity index (χ0v) is 18.7. The molecule has 0 bridgehead atoms. The Morgan fingerprint density at radius 3 is 2.55 bits per heavy atom. The highest BCUT2D eigenvalue weighted by atomic mass is 16.5. The number of anilines is 2. The van der Waals surface area contributed by atoms with Gasteiger partial charge in [0.2, 0.25) is 0 Å². The molecule has 0 aliphatic carbocycles. The molecule has 33 heavy (non-hydrogen) atoms. The van der Waals surface area contributed by atoms with Crippen molar-refractivity contribution in [3.05, 3.63) is 82.9 Å². The van der Waals surface area contributed by atoms with E-state index >= 15 is 0 Å². The molecule has 0 spiro atoms. The summed E-state index contributed by atoms with van der Waals surface area (Å²) in [5.74, 6) is 0.449. The van der Waals surface area contributed by atoms with E-state index < -0.39 is 5.69 Å². The Morgan fingerprint density at radius 2 is 1.73 bits per heavy atom. The molecule has 1 fully saturated rings. The lowest BCUT2D eigenvalue weighted by Crippen LogP contribution is -2.29. The van der Waals surface area contributed by atoms with E-state index in [0.29, 0.717) is 15.9 Å². The third kappa shape index (κ3) is 4.32. The SMILES string of the molecule is CN(c1cccc(-c2cccc(CN3CCCCC3)c2)c1)c1nc(=O)n(O)c2ncccc12. The van der Waals surface area contributed by atoms with E-state index in [1.807, 2.05) is 24.1 Å². The largest absolute Gasteiger partial charge is 0.422 e. The fourth-order valence-electron chi connectivity index (χ4n) is 4.53. The standard InChI is InChI=1S/C26H27N5O2/c1-29(25-23-12-7-13-27-24(23)31(33)26(32)28-25)22-11-6-10-21(17-22)20-9-5-8-19(16-20)18-30-14-3-2-4-15-30/h5-13,16-17,33H,2-4,14-15,18H2,1H3. The van der Waals surface area contributed by atoms with Crippen LogP contribution in [0.2, 0.25) is 0 Å². The first kappa shape index (κ1) is 21.2. The Balaban J connectivity index is 1.47. The summed E-state index contributed by atoms with van der Waals surface area (Å²) >= 11 is 0. The topological polar surface area (TPSA) is 74.5 Å². The van der Waals surface area contributed by atoms with E-state index in [9.17, 15) is 10.0 Å². The molecule has 0 amide bonds. The smallest absolute Gasteiger partial charge is 0.384 e. The Hall–Kier alpha value is -3.71. The molecule has 0 saturated carbocycles.